The maximum Gasteiger partial charge on any atom is 0.329 e. The lowest BCUT2D eigenvalue weighted by Gasteiger charge is -2.07. The average molecular weight is 340 g/mol. The van der Waals surface area contributed by atoms with Crippen LogP contribution in [0.25, 0.3) is 11.0 Å². The summed E-state index contributed by atoms with van der Waals surface area (Å²) in [6.45, 7) is 4.04. The first-order valence-corrected chi connectivity index (χ1v) is 8.69. The molecule has 0 aliphatic rings. The minimum Gasteiger partial charge on any atom is -0.497 e. The van der Waals surface area contributed by atoms with Crippen molar-refractivity contribution < 1.29 is 9.47 Å². The number of benzene rings is 2. The molecule has 0 atom stereocenters. The molecule has 0 bridgehead atoms. The van der Waals surface area contributed by atoms with Crippen molar-refractivity contribution in [2.75, 3.05) is 13.7 Å². The van der Waals surface area contributed by atoms with Crippen LogP contribution in [0.3, 0.4) is 0 Å². The molecule has 0 fully saturated rings. The van der Waals surface area contributed by atoms with E-state index < -0.39 is 0 Å². The van der Waals surface area contributed by atoms with E-state index in [2.05, 4.69) is 6.92 Å². The molecule has 0 radical (unpaired) electrons. The Labute approximate surface area is 147 Å². The third kappa shape index (κ3) is 3.71. The van der Waals surface area contributed by atoms with Crippen LogP contribution in [-0.4, -0.2) is 22.9 Å². The predicted octanol–water partition coefficient (Wildman–Crippen LogP) is 3.69. The van der Waals surface area contributed by atoms with Crippen LogP contribution in [0, 0.1) is 0 Å². The molecule has 1 heterocycles. The van der Waals surface area contributed by atoms with Crippen LogP contribution in [0.1, 0.15) is 19.8 Å². The summed E-state index contributed by atoms with van der Waals surface area (Å²) in [7, 11) is 1.64. The minimum atomic E-state index is 0.0625. The van der Waals surface area contributed by atoms with Crippen molar-refractivity contribution in [2.24, 2.45) is 0 Å². The van der Waals surface area contributed by atoms with Crippen LogP contribution in [0.4, 0.5) is 0 Å². The molecule has 5 nitrogen and oxygen atoms in total. The van der Waals surface area contributed by atoms with E-state index in [9.17, 15) is 4.79 Å². The molecule has 1 aromatic heterocycles. The molecule has 0 saturated carbocycles. The third-order valence-electron chi connectivity index (χ3n) is 4.23. The first-order valence-electron chi connectivity index (χ1n) is 8.69. The number of aromatic nitrogens is 2. The molecule has 0 aliphatic heterocycles. The number of aryl methyl sites for hydroxylation is 2. The van der Waals surface area contributed by atoms with E-state index in [0.29, 0.717) is 13.2 Å². The van der Waals surface area contributed by atoms with Crippen LogP contribution in [0.5, 0.6) is 11.5 Å². The van der Waals surface area contributed by atoms with Gasteiger partial charge < -0.3 is 9.47 Å². The van der Waals surface area contributed by atoms with Crippen LogP contribution in [0.2, 0.25) is 0 Å². The second-order valence-electron chi connectivity index (χ2n) is 5.95. The van der Waals surface area contributed by atoms with Crippen molar-refractivity contribution in [2.45, 2.75) is 32.9 Å². The molecule has 0 spiro atoms. The minimum absolute atomic E-state index is 0.0625. The number of ether oxygens (including phenoxy) is 2. The molecule has 132 valence electrons. The molecule has 3 rings (SSSR count). The standard InChI is InChI=1S/C20H24N2O3/c1-3-13-21-18-7-4-5-8-19(18)22(20(21)23)14-6-15-25-17-11-9-16(24-2)10-12-17/h4-5,7-12H,3,6,13-15H2,1-2H3. The van der Waals surface area contributed by atoms with E-state index in [0.717, 1.165) is 41.9 Å². The predicted molar refractivity (Wildman–Crippen MR) is 99.6 cm³/mol. The highest BCUT2D eigenvalue weighted by atomic mass is 16.5. The fraction of sp³-hybridized carbons (Fsp3) is 0.350. The Kier molecular flexibility index (Phi) is 5.43. The lowest BCUT2D eigenvalue weighted by atomic mass is 10.3. The molecule has 0 N–H and O–H groups in total. The fourth-order valence-corrected chi connectivity index (χ4v) is 3.01. The quantitative estimate of drug-likeness (QED) is 0.588. The lowest BCUT2D eigenvalue weighted by Crippen LogP contribution is -2.25. The van der Waals surface area contributed by atoms with Gasteiger partial charge in [-0.2, -0.15) is 0 Å². The highest BCUT2D eigenvalue weighted by Gasteiger charge is 2.11. The molecular weight excluding hydrogens is 316 g/mol. The van der Waals surface area contributed by atoms with Gasteiger partial charge in [0.1, 0.15) is 11.5 Å². The summed E-state index contributed by atoms with van der Waals surface area (Å²) in [4.78, 5) is 12.7. The first kappa shape index (κ1) is 17.1. The Morgan fingerprint density at radius 2 is 1.48 bits per heavy atom. The molecular formula is C20H24N2O3. The highest BCUT2D eigenvalue weighted by molar-refractivity contribution is 5.75. The van der Waals surface area contributed by atoms with Crippen LogP contribution < -0.4 is 15.2 Å². The Balaban J connectivity index is 1.66. The first-order chi connectivity index (χ1) is 12.2. The maximum absolute atomic E-state index is 12.7. The number of fused-ring (bicyclic) bond motifs is 1. The van der Waals surface area contributed by atoms with Crippen molar-refractivity contribution in [3.05, 3.63) is 59.0 Å². The second kappa shape index (κ2) is 7.92. The van der Waals surface area contributed by atoms with Crippen LogP contribution >= 0.6 is 0 Å². The van der Waals surface area contributed by atoms with Crippen LogP contribution in [-0.2, 0) is 13.1 Å². The number of hydrogen-bond donors (Lipinski definition) is 0. The average Bonchev–Trinajstić information content (AvgIpc) is 2.92. The van der Waals surface area contributed by atoms with E-state index in [1.807, 2.05) is 57.7 Å². The summed E-state index contributed by atoms with van der Waals surface area (Å²) in [5.41, 5.74) is 2.06. The highest BCUT2D eigenvalue weighted by Crippen LogP contribution is 2.17. The Hall–Kier alpha value is -2.69. The van der Waals surface area contributed by atoms with Crippen LogP contribution in [0.15, 0.2) is 53.3 Å². The Morgan fingerprint density at radius 3 is 2.08 bits per heavy atom. The zero-order valence-electron chi connectivity index (χ0n) is 14.8. The van der Waals surface area contributed by atoms with Gasteiger partial charge in [-0.05, 0) is 49.2 Å². The summed E-state index contributed by atoms with van der Waals surface area (Å²) in [5, 5.41) is 0. The fourth-order valence-electron chi connectivity index (χ4n) is 3.01. The third-order valence-corrected chi connectivity index (χ3v) is 4.23. The van der Waals surface area contributed by atoms with Crippen molar-refractivity contribution in [3.63, 3.8) is 0 Å². The largest absolute Gasteiger partial charge is 0.497 e. The Morgan fingerprint density at radius 1 is 0.880 bits per heavy atom. The summed E-state index contributed by atoms with van der Waals surface area (Å²) in [6.07, 6.45) is 1.71. The number of para-hydroxylation sites is 2. The number of imidazole rings is 1. The zero-order chi connectivity index (χ0) is 17.6. The van der Waals surface area contributed by atoms with Gasteiger partial charge in [0.2, 0.25) is 0 Å². The molecule has 0 saturated heterocycles. The number of nitrogens with zero attached hydrogens (tertiary/aromatic N) is 2. The Bertz CT molecular complexity index is 878. The lowest BCUT2D eigenvalue weighted by molar-refractivity contribution is 0.301. The van der Waals surface area contributed by atoms with Gasteiger partial charge >= 0.3 is 5.69 Å². The SMILES string of the molecule is CCCn1c(=O)n(CCCOc2ccc(OC)cc2)c2ccccc21. The smallest absolute Gasteiger partial charge is 0.329 e. The van der Waals surface area contributed by atoms with Crippen molar-refractivity contribution in [1.82, 2.24) is 9.13 Å². The normalized spacial score (nSPS) is 11.0. The van der Waals surface area contributed by atoms with Crippen molar-refractivity contribution >= 4 is 11.0 Å². The number of hydrogen-bond acceptors (Lipinski definition) is 3. The van der Waals surface area contributed by atoms with Gasteiger partial charge in [0, 0.05) is 13.1 Å². The molecule has 0 unspecified atom stereocenters. The summed E-state index contributed by atoms with van der Waals surface area (Å²) < 4.78 is 14.6. The molecule has 25 heavy (non-hydrogen) atoms. The summed E-state index contributed by atoms with van der Waals surface area (Å²) >= 11 is 0. The van der Waals surface area contributed by atoms with E-state index in [1.54, 1.807) is 7.11 Å². The van der Waals surface area contributed by atoms with E-state index >= 15 is 0 Å². The van der Waals surface area contributed by atoms with E-state index in [1.165, 1.54) is 0 Å². The second-order valence-corrected chi connectivity index (χ2v) is 5.95. The summed E-state index contributed by atoms with van der Waals surface area (Å²) in [6, 6.07) is 15.5. The monoisotopic (exact) mass is 340 g/mol. The molecule has 5 heteroatoms. The van der Waals surface area contributed by atoms with Gasteiger partial charge in [-0.15, -0.1) is 0 Å². The van der Waals surface area contributed by atoms with E-state index in [4.69, 9.17) is 9.47 Å². The maximum atomic E-state index is 12.7. The van der Waals surface area contributed by atoms with Gasteiger partial charge in [0.15, 0.2) is 0 Å². The molecule has 0 amide bonds. The number of rotatable bonds is 8. The van der Waals surface area contributed by atoms with Gasteiger partial charge in [0.25, 0.3) is 0 Å². The summed E-state index contributed by atoms with van der Waals surface area (Å²) in [5.74, 6) is 1.61. The van der Waals surface area contributed by atoms with Gasteiger partial charge in [-0.3, -0.25) is 9.13 Å². The van der Waals surface area contributed by atoms with Gasteiger partial charge in [-0.1, -0.05) is 19.1 Å². The van der Waals surface area contributed by atoms with Gasteiger partial charge in [-0.25, -0.2) is 4.79 Å². The molecule has 2 aromatic carbocycles. The zero-order valence-corrected chi connectivity index (χ0v) is 14.8. The van der Waals surface area contributed by atoms with Crippen molar-refractivity contribution in [3.8, 4) is 11.5 Å². The number of methoxy groups -OCH3 is 1. The molecule has 3 aromatic rings. The van der Waals surface area contributed by atoms with E-state index in [-0.39, 0.29) is 5.69 Å². The topological polar surface area (TPSA) is 45.4 Å². The van der Waals surface area contributed by atoms with Gasteiger partial charge in [0.05, 0.1) is 24.8 Å². The molecule has 0 aliphatic carbocycles. The van der Waals surface area contributed by atoms with Crippen molar-refractivity contribution in [1.29, 1.82) is 0 Å².